The van der Waals surface area contributed by atoms with Crippen LogP contribution >= 0.6 is 12.2 Å². The second kappa shape index (κ2) is 7.63. The van der Waals surface area contributed by atoms with Gasteiger partial charge < -0.3 is 4.74 Å². The normalized spacial score (nSPS) is 10.9. The molecule has 0 fully saturated rings. The summed E-state index contributed by atoms with van der Waals surface area (Å²) in [5.74, 6) is 0.176. The number of H-pyrrole nitrogens is 1. The minimum absolute atomic E-state index is 0.0762. The smallest absolute Gasteiger partial charge is 0.293 e. The van der Waals surface area contributed by atoms with Gasteiger partial charge in [-0.05, 0) is 30.4 Å². The van der Waals surface area contributed by atoms with Crippen molar-refractivity contribution in [2.24, 2.45) is 5.10 Å². The van der Waals surface area contributed by atoms with Gasteiger partial charge in [-0.15, -0.1) is 0 Å². The minimum atomic E-state index is -0.454. The van der Waals surface area contributed by atoms with E-state index in [1.165, 1.54) is 12.3 Å². The van der Waals surface area contributed by atoms with E-state index < -0.39 is 5.56 Å². The van der Waals surface area contributed by atoms with E-state index in [1.54, 1.807) is 42.5 Å². The molecule has 126 valence electrons. The first kappa shape index (κ1) is 16.7. The van der Waals surface area contributed by atoms with Gasteiger partial charge in [0.05, 0.1) is 6.21 Å². The highest BCUT2D eigenvalue weighted by Crippen LogP contribution is 2.18. The standard InChI is InChI=1S/C17H13FN4O2S/c18-14-7-3-1-6-13(14)11-24-15-8-4-2-5-12(15)9-20-22-16(23)10-19-21-17(22)25/h1-10H,11H2,(H,21,25)/b20-9+. The van der Waals surface area contributed by atoms with Crippen molar-refractivity contribution in [3.63, 3.8) is 0 Å². The fraction of sp³-hybridized carbons (Fsp3) is 0.0588. The van der Waals surface area contributed by atoms with Crippen LogP contribution in [-0.2, 0) is 6.61 Å². The largest absolute Gasteiger partial charge is 0.488 e. The molecule has 0 aliphatic rings. The van der Waals surface area contributed by atoms with Crippen LogP contribution in [0.25, 0.3) is 0 Å². The number of nitrogens with zero attached hydrogens (tertiary/aromatic N) is 3. The number of hydrogen-bond donors (Lipinski definition) is 1. The Kier molecular flexibility index (Phi) is 5.10. The molecule has 0 aliphatic heterocycles. The number of nitrogens with one attached hydrogen (secondary N) is 1. The molecule has 8 heteroatoms. The summed E-state index contributed by atoms with van der Waals surface area (Å²) in [6.45, 7) is 0.0762. The monoisotopic (exact) mass is 356 g/mol. The zero-order valence-corrected chi connectivity index (χ0v) is 13.7. The minimum Gasteiger partial charge on any atom is -0.488 e. The summed E-state index contributed by atoms with van der Waals surface area (Å²) in [4.78, 5) is 11.7. The lowest BCUT2D eigenvalue weighted by Crippen LogP contribution is -2.18. The molecule has 0 spiro atoms. The van der Waals surface area contributed by atoms with Gasteiger partial charge in [0, 0.05) is 11.1 Å². The number of rotatable bonds is 5. The average Bonchev–Trinajstić information content (AvgIpc) is 2.61. The van der Waals surface area contributed by atoms with Gasteiger partial charge in [-0.2, -0.15) is 14.9 Å². The number of aromatic nitrogens is 3. The average molecular weight is 356 g/mol. The van der Waals surface area contributed by atoms with E-state index in [2.05, 4.69) is 15.3 Å². The molecule has 6 nitrogen and oxygen atoms in total. The fourth-order valence-corrected chi connectivity index (χ4v) is 2.25. The summed E-state index contributed by atoms with van der Waals surface area (Å²) < 4.78 is 20.5. The number of hydrogen-bond acceptors (Lipinski definition) is 5. The molecular weight excluding hydrogens is 343 g/mol. The number of para-hydroxylation sites is 1. The molecule has 1 N–H and O–H groups in total. The second-order valence-corrected chi connectivity index (χ2v) is 5.37. The van der Waals surface area contributed by atoms with Crippen molar-refractivity contribution < 1.29 is 9.13 Å². The molecule has 2 aromatic carbocycles. The summed E-state index contributed by atoms with van der Waals surface area (Å²) in [5, 5.41) is 10.1. The van der Waals surface area contributed by atoms with Crippen LogP contribution in [0.15, 0.2) is 64.6 Å². The van der Waals surface area contributed by atoms with E-state index >= 15 is 0 Å². The van der Waals surface area contributed by atoms with Crippen LogP contribution in [0.2, 0.25) is 0 Å². The SMILES string of the molecule is O=c1cn[nH]c(=S)n1/N=C/c1ccccc1OCc1ccccc1F. The van der Waals surface area contributed by atoms with Crippen molar-refractivity contribution >= 4 is 18.4 Å². The highest BCUT2D eigenvalue weighted by molar-refractivity contribution is 7.71. The number of ether oxygens (including phenoxy) is 1. The van der Waals surface area contributed by atoms with Crippen molar-refractivity contribution in [3.8, 4) is 5.75 Å². The lowest BCUT2D eigenvalue weighted by Gasteiger charge is -2.09. The summed E-state index contributed by atoms with van der Waals surface area (Å²) >= 11 is 4.98. The summed E-state index contributed by atoms with van der Waals surface area (Å²) in [6.07, 6.45) is 2.52. The third-order valence-electron chi connectivity index (χ3n) is 3.31. The van der Waals surface area contributed by atoms with Gasteiger partial charge in [-0.3, -0.25) is 9.89 Å². The van der Waals surface area contributed by atoms with Gasteiger partial charge in [0.1, 0.15) is 24.4 Å². The van der Waals surface area contributed by atoms with Crippen LogP contribution in [-0.4, -0.2) is 21.1 Å². The molecule has 1 heterocycles. The van der Waals surface area contributed by atoms with Crippen molar-refractivity contribution in [2.45, 2.75) is 6.61 Å². The maximum absolute atomic E-state index is 13.7. The van der Waals surface area contributed by atoms with E-state index in [-0.39, 0.29) is 17.2 Å². The fourth-order valence-electron chi connectivity index (χ4n) is 2.06. The predicted octanol–water partition coefficient (Wildman–Crippen LogP) is 2.90. The molecule has 0 atom stereocenters. The van der Waals surface area contributed by atoms with E-state index in [0.717, 1.165) is 10.9 Å². The van der Waals surface area contributed by atoms with Crippen molar-refractivity contribution in [1.29, 1.82) is 0 Å². The highest BCUT2D eigenvalue weighted by atomic mass is 32.1. The van der Waals surface area contributed by atoms with Crippen molar-refractivity contribution in [1.82, 2.24) is 14.9 Å². The Morgan fingerprint density at radius 1 is 1.24 bits per heavy atom. The maximum atomic E-state index is 13.7. The second-order valence-electron chi connectivity index (χ2n) is 4.99. The van der Waals surface area contributed by atoms with E-state index in [1.807, 2.05) is 0 Å². The molecule has 0 unspecified atom stereocenters. The molecule has 0 bridgehead atoms. The first-order valence-corrected chi connectivity index (χ1v) is 7.72. The third kappa shape index (κ3) is 4.04. The van der Waals surface area contributed by atoms with E-state index in [0.29, 0.717) is 16.9 Å². The van der Waals surface area contributed by atoms with Crippen LogP contribution in [0.4, 0.5) is 4.39 Å². The van der Waals surface area contributed by atoms with Crippen LogP contribution in [0, 0.1) is 10.6 Å². The van der Waals surface area contributed by atoms with Crippen LogP contribution in [0.5, 0.6) is 5.75 Å². The van der Waals surface area contributed by atoms with Gasteiger partial charge in [-0.25, -0.2) is 4.39 Å². The maximum Gasteiger partial charge on any atom is 0.293 e. The number of aromatic amines is 1. The number of benzene rings is 2. The molecule has 1 aromatic heterocycles. The molecule has 3 rings (SSSR count). The summed E-state index contributed by atoms with van der Waals surface area (Å²) in [6, 6.07) is 13.5. The first-order valence-electron chi connectivity index (χ1n) is 7.31. The molecule has 25 heavy (non-hydrogen) atoms. The predicted molar refractivity (Wildman–Crippen MR) is 93.8 cm³/mol. The van der Waals surface area contributed by atoms with Crippen molar-refractivity contribution in [2.75, 3.05) is 0 Å². The quantitative estimate of drug-likeness (QED) is 0.564. The first-order chi connectivity index (χ1) is 12.1. The Bertz CT molecular complexity index is 1000. The molecule has 0 saturated carbocycles. The van der Waals surface area contributed by atoms with Crippen LogP contribution in [0.3, 0.4) is 0 Å². The Morgan fingerprint density at radius 3 is 2.80 bits per heavy atom. The van der Waals surface area contributed by atoms with Crippen molar-refractivity contribution in [3.05, 3.63) is 86.8 Å². The molecule has 0 radical (unpaired) electrons. The highest BCUT2D eigenvalue weighted by Gasteiger charge is 2.05. The van der Waals surface area contributed by atoms with E-state index in [4.69, 9.17) is 17.0 Å². The lowest BCUT2D eigenvalue weighted by molar-refractivity contribution is 0.299. The third-order valence-corrected chi connectivity index (χ3v) is 3.57. The zero-order chi connectivity index (χ0) is 17.6. The Labute approximate surface area is 147 Å². The van der Waals surface area contributed by atoms with Crippen LogP contribution < -0.4 is 10.3 Å². The molecule has 0 saturated heterocycles. The lowest BCUT2D eigenvalue weighted by atomic mass is 10.2. The summed E-state index contributed by atoms with van der Waals surface area (Å²) in [7, 11) is 0. The van der Waals surface area contributed by atoms with Crippen LogP contribution in [0.1, 0.15) is 11.1 Å². The molecule has 0 aliphatic carbocycles. The Balaban J connectivity index is 1.84. The Morgan fingerprint density at radius 2 is 2.00 bits per heavy atom. The van der Waals surface area contributed by atoms with Gasteiger partial charge in [0.15, 0.2) is 0 Å². The van der Waals surface area contributed by atoms with E-state index in [9.17, 15) is 9.18 Å². The zero-order valence-electron chi connectivity index (χ0n) is 12.9. The summed E-state index contributed by atoms with van der Waals surface area (Å²) in [5.41, 5.74) is 0.615. The number of halogens is 1. The van der Waals surface area contributed by atoms with Gasteiger partial charge >= 0.3 is 0 Å². The van der Waals surface area contributed by atoms with Gasteiger partial charge in [0.2, 0.25) is 4.77 Å². The van der Waals surface area contributed by atoms with Gasteiger partial charge in [0.25, 0.3) is 5.56 Å². The van der Waals surface area contributed by atoms with Gasteiger partial charge in [-0.1, -0.05) is 30.3 Å². The topological polar surface area (TPSA) is 72.3 Å². The Hall–Kier alpha value is -3.13. The molecular formula is C17H13FN4O2S. The molecule has 0 amide bonds. The molecule has 3 aromatic rings.